The number of carbonyl (C=O) groups excluding carboxylic acids is 1. The fourth-order valence-corrected chi connectivity index (χ4v) is 7.87. The van der Waals surface area contributed by atoms with Crippen LogP contribution < -0.4 is 0 Å². The summed E-state index contributed by atoms with van der Waals surface area (Å²) in [6, 6.07) is 0. The van der Waals surface area contributed by atoms with Crippen molar-refractivity contribution in [1.29, 1.82) is 0 Å². The van der Waals surface area contributed by atoms with Crippen molar-refractivity contribution in [2.45, 2.75) is 307 Å². The molecular weight excluding hydrogens is 795 g/mol. The van der Waals surface area contributed by atoms with Gasteiger partial charge in [0.25, 0.3) is 0 Å². The number of allylic oxidation sites excluding steroid dienone is 3. The molecule has 0 fully saturated rings. The van der Waals surface area contributed by atoms with Crippen molar-refractivity contribution in [1.82, 2.24) is 4.90 Å². The molecule has 0 aromatic carbocycles. The number of ether oxygens (including phenoxy) is 1. The van der Waals surface area contributed by atoms with Gasteiger partial charge in [0.2, 0.25) is 0 Å². The number of methoxy groups -OCH3 is 1. The molecule has 0 aromatic heterocycles. The minimum atomic E-state index is -0.223. The van der Waals surface area contributed by atoms with E-state index in [1.54, 1.807) is 6.92 Å². The average Bonchev–Trinajstić information content (AvgIpc) is 3.30. The minimum absolute atomic E-state index is 0.223. The summed E-state index contributed by atoms with van der Waals surface area (Å²) in [7, 11) is 1.85. The van der Waals surface area contributed by atoms with Gasteiger partial charge in [-0.1, -0.05) is 227 Å². The molecule has 0 heterocycles. The van der Waals surface area contributed by atoms with Gasteiger partial charge < -0.3 is 19.5 Å². The van der Waals surface area contributed by atoms with Gasteiger partial charge in [-0.15, -0.1) is 18.4 Å². The summed E-state index contributed by atoms with van der Waals surface area (Å²) in [4.78, 5) is 13.3. The number of unbranched alkanes of at least 4 members (excludes halogenated alkanes) is 20. The van der Waals surface area contributed by atoms with Gasteiger partial charge in [0.05, 0.1) is 6.10 Å². The monoisotopic (exact) mass is 918 g/mol. The second-order valence-electron chi connectivity index (χ2n) is 18.9. The van der Waals surface area contributed by atoms with Crippen LogP contribution in [0.5, 0.6) is 0 Å². The molecule has 0 bridgehead atoms. The molecule has 0 aliphatic heterocycles. The molecule has 0 aliphatic carbocycles. The average molecular weight is 919 g/mol. The Morgan fingerprint density at radius 2 is 1.00 bits per heavy atom. The molecule has 3 atom stereocenters. The highest BCUT2D eigenvalue weighted by Gasteiger charge is 2.11. The number of rotatable bonds is 42. The van der Waals surface area contributed by atoms with Gasteiger partial charge in [-0.05, 0) is 104 Å². The Hall–Kier alpha value is -1.41. The molecular formula is C61H123NO3. The first-order valence-electron chi connectivity index (χ1n) is 28.6. The third-order valence-electron chi connectivity index (χ3n) is 12.3. The predicted octanol–water partition coefficient (Wildman–Crippen LogP) is 19.7. The second kappa shape index (κ2) is 69.2. The van der Waals surface area contributed by atoms with Crippen LogP contribution in [0.3, 0.4) is 0 Å². The highest BCUT2D eigenvalue weighted by atomic mass is 16.5. The predicted molar refractivity (Wildman–Crippen MR) is 297 cm³/mol. The van der Waals surface area contributed by atoms with Crippen LogP contribution in [-0.2, 0) is 9.53 Å². The number of ketones is 1. The lowest BCUT2D eigenvalue weighted by molar-refractivity contribution is -0.117. The summed E-state index contributed by atoms with van der Waals surface area (Å²) in [5, 5.41) is 10.1. The molecule has 390 valence electrons. The Labute approximate surface area is 412 Å². The summed E-state index contributed by atoms with van der Waals surface area (Å²) >= 11 is 0. The Morgan fingerprint density at radius 1 is 0.585 bits per heavy atom. The first-order valence-corrected chi connectivity index (χ1v) is 28.6. The van der Waals surface area contributed by atoms with Crippen molar-refractivity contribution in [3.63, 3.8) is 0 Å². The van der Waals surface area contributed by atoms with E-state index in [4.69, 9.17) is 4.74 Å². The number of aliphatic hydroxyl groups excluding tert-OH is 1. The number of hydrogen-bond donors (Lipinski definition) is 1. The number of carbonyl (C=O) groups is 1. The van der Waals surface area contributed by atoms with Gasteiger partial charge >= 0.3 is 0 Å². The van der Waals surface area contributed by atoms with Crippen LogP contribution in [0.4, 0.5) is 0 Å². The lowest BCUT2D eigenvalue weighted by Crippen LogP contribution is -2.34. The summed E-state index contributed by atoms with van der Waals surface area (Å²) in [5.41, 5.74) is 0. The summed E-state index contributed by atoms with van der Waals surface area (Å²) in [6.45, 7) is 30.9. The SMILES string of the molecule is C/C=C\C.C=CCCCC(O)CN(CCCC)CCCCCC(C)=O.CC#CCC.CCCCCCCCC(CC)CCCCCC.CCCCCCCCC(CCCCCC)COC. The molecule has 0 aliphatic rings. The molecule has 0 spiro atoms. The highest BCUT2D eigenvalue weighted by Crippen LogP contribution is 2.22. The van der Waals surface area contributed by atoms with Crippen molar-refractivity contribution in [2.75, 3.05) is 33.4 Å². The maximum atomic E-state index is 10.9. The minimum Gasteiger partial charge on any atom is -0.392 e. The number of hydrogen-bond acceptors (Lipinski definition) is 4. The third kappa shape index (κ3) is 74.4. The van der Waals surface area contributed by atoms with E-state index in [2.05, 4.69) is 64.9 Å². The number of nitrogens with zero attached hydrogens (tertiary/aromatic N) is 1. The Kier molecular flexibility index (Phi) is 77.2. The van der Waals surface area contributed by atoms with Crippen molar-refractivity contribution in [3.05, 3.63) is 24.8 Å². The van der Waals surface area contributed by atoms with E-state index in [9.17, 15) is 9.90 Å². The van der Waals surface area contributed by atoms with Crippen molar-refractivity contribution in [2.24, 2.45) is 11.8 Å². The van der Waals surface area contributed by atoms with Gasteiger partial charge in [-0.25, -0.2) is 0 Å². The smallest absolute Gasteiger partial charge is 0.129 e. The van der Waals surface area contributed by atoms with E-state index >= 15 is 0 Å². The van der Waals surface area contributed by atoms with Gasteiger partial charge in [0.1, 0.15) is 5.78 Å². The lowest BCUT2D eigenvalue weighted by atomic mass is 9.92. The number of Topliss-reactive ketones (excluding diaryl/α,β-unsaturated/α-hetero) is 1. The van der Waals surface area contributed by atoms with Gasteiger partial charge in [0.15, 0.2) is 0 Å². The topological polar surface area (TPSA) is 49.8 Å². The zero-order valence-electron chi connectivity index (χ0n) is 47.0. The first-order chi connectivity index (χ1) is 31.6. The Morgan fingerprint density at radius 3 is 1.37 bits per heavy atom. The summed E-state index contributed by atoms with van der Waals surface area (Å²) in [6.07, 6.45) is 51.5. The normalized spacial score (nSPS) is 12.0. The fraction of sp³-hybridized carbons (Fsp3) is 0.885. The van der Waals surface area contributed by atoms with E-state index in [-0.39, 0.29) is 11.9 Å². The molecule has 0 amide bonds. The molecule has 1 N–H and O–H groups in total. The quantitative estimate of drug-likeness (QED) is 0.0377. The molecule has 3 unspecified atom stereocenters. The van der Waals surface area contributed by atoms with Gasteiger partial charge in [0, 0.05) is 33.1 Å². The second-order valence-corrected chi connectivity index (χ2v) is 18.9. The Balaban J connectivity index is -0.000000253. The zero-order chi connectivity index (χ0) is 49.7. The van der Waals surface area contributed by atoms with Crippen molar-refractivity contribution >= 4 is 5.78 Å². The Bertz CT molecular complexity index is 931. The highest BCUT2D eigenvalue weighted by molar-refractivity contribution is 5.75. The molecule has 0 saturated carbocycles. The van der Waals surface area contributed by atoms with Crippen LogP contribution in [0.2, 0.25) is 0 Å². The molecule has 4 nitrogen and oxygen atoms in total. The van der Waals surface area contributed by atoms with E-state index in [1.807, 2.05) is 53.0 Å². The number of aliphatic hydroxyl groups is 1. The summed E-state index contributed by atoms with van der Waals surface area (Å²) in [5.74, 6) is 7.76. The van der Waals surface area contributed by atoms with E-state index in [0.717, 1.165) is 83.0 Å². The van der Waals surface area contributed by atoms with Crippen LogP contribution in [0.15, 0.2) is 24.8 Å². The van der Waals surface area contributed by atoms with Crippen LogP contribution in [-0.4, -0.2) is 55.2 Å². The zero-order valence-corrected chi connectivity index (χ0v) is 47.0. The van der Waals surface area contributed by atoms with Crippen LogP contribution in [0.1, 0.15) is 301 Å². The maximum Gasteiger partial charge on any atom is 0.129 e. The van der Waals surface area contributed by atoms with Gasteiger partial charge in [-0.2, -0.15) is 0 Å². The maximum absolute atomic E-state index is 10.9. The van der Waals surface area contributed by atoms with Gasteiger partial charge in [-0.3, -0.25) is 0 Å². The molecule has 0 rings (SSSR count). The summed E-state index contributed by atoms with van der Waals surface area (Å²) < 4.78 is 5.36. The standard InChI is InChI=1S/C18H35NO2.C17H36O.C17H36.C5H8.C4H8/c1-4-6-9-13-18(21)16-19(14-7-5-2)15-11-8-10-12-17(3)20;1-4-6-8-10-11-13-15-17(16-18-3)14-12-9-7-5-2;1-4-7-9-11-12-14-16-17(6-3)15-13-10-8-5-2;1-3-5-4-2;1-3-4-2/h4,18,21H,1,5-16H2,2-3H3;17H,4-16H2,1-3H3;17H,4-16H2,1-3H3;3H2,1-2H3;3-4H,1-2H3/b;;;;4-3-. The first kappa shape index (κ1) is 72.6. The third-order valence-corrected chi connectivity index (χ3v) is 12.3. The van der Waals surface area contributed by atoms with E-state index in [0.29, 0.717) is 6.42 Å². The van der Waals surface area contributed by atoms with Crippen molar-refractivity contribution < 1.29 is 14.6 Å². The molecule has 4 heteroatoms. The van der Waals surface area contributed by atoms with Crippen LogP contribution in [0.25, 0.3) is 0 Å². The molecule has 0 saturated heterocycles. The molecule has 65 heavy (non-hydrogen) atoms. The molecule has 0 aromatic rings. The largest absolute Gasteiger partial charge is 0.392 e. The van der Waals surface area contributed by atoms with Crippen molar-refractivity contribution in [3.8, 4) is 11.8 Å². The molecule has 0 radical (unpaired) electrons. The van der Waals surface area contributed by atoms with E-state index < -0.39 is 0 Å². The van der Waals surface area contributed by atoms with Crippen LogP contribution >= 0.6 is 0 Å². The van der Waals surface area contributed by atoms with Crippen LogP contribution in [0, 0.1) is 23.7 Å². The lowest BCUT2D eigenvalue weighted by Gasteiger charge is -2.25. The van der Waals surface area contributed by atoms with E-state index in [1.165, 1.54) is 173 Å². The fourth-order valence-electron chi connectivity index (χ4n) is 7.87.